The molecule has 0 spiro atoms. The van der Waals surface area contributed by atoms with Crippen LogP contribution in [-0.2, 0) is 19.6 Å². The molecule has 1 aliphatic heterocycles. The van der Waals surface area contributed by atoms with Crippen LogP contribution in [0.5, 0.6) is 5.75 Å². The summed E-state index contributed by atoms with van der Waals surface area (Å²) < 4.78 is 42.2. The van der Waals surface area contributed by atoms with Crippen LogP contribution in [0.15, 0.2) is 76.3 Å². The zero-order valence-electron chi connectivity index (χ0n) is 21.4. The highest BCUT2D eigenvalue weighted by Crippen LogP contribution is 2.34. The Balaban J connectivity index is 1.31. The average molecular weight is 537 g/mol. The van der Waals surface area contributed by atoms with Crippen molar-refractivity contribution in [2.24, 2.45) is 0 Å². The second kappa shape index (κ2) is 11.9. The normalized spacial score (nSPS) is 13.3. The Morgan fingerprint density at radius 1 is 1.08 bits per heavy atom. The van der Waals surface area contributed by atoms with Crippen molar-refractivity contribution in [1.82, 2.24) is 10.1 Å². The molecule has 0 aliphatic carbocycles. The number of aromatic nitrogens is 1. The second-order valence-corrected chi connectivity index (χ2v) is 10.4. The third kappa shape index (κ3) is 6.11. The number of methoxy groups -OCH3 is 1. The van der Waals surface area contributed by atoms with Crippen LogP contribution in [0.3, 0.4) is 0 Å². The molecule has 0 unspecified atom stereocenters. The van der Waals surface area contributed by atoms with Crippen molar-refractivity contribution >= 4 is 23.5 Å². The molecule has 38 heavy (non-hydrogen) atoms. The van der Waals surface area contributed by atoms with E-state index in [-0.39, 0.29) is 18.2 Å². The predicted octanol–water partition coefficient (Wildman–Crippen LogP) is 6.80. The lowest BCUT2D eigenvalue weighted by atomic mass is 10.0. The molecule has 3 aromatic carbocycles. The van der Waals surface area contributed by atoms with Crippen LogP contribution in [0, 0.1) is 18.6 Å². The van der Waals surface area contributed by atoms with Crippen LogP contribution in [0.1, 0.15) is 28.7 Å². The fourth-order valence-corrected chi connectivity index (χ4v) is 5.35. The first kappa shape index (κ1) is 26.1. The number of aryl methyl sites for hydroxylation is 1. The van der Waals surface area contributed by atoms with Crippen molar-refractivity contribution < 1.29 is 18.0 Å². The van der Waals surface area contributed by atoms with Gasteiger partial charge in [0.05, 0.1) is 18.6 Å². The maximum Gasteiger partial charge on any atom is 0.182 e. The summed E-state index contributed by atoms with van der Waals surface area (Å²) in [7, 11) is 1.62. The molecule has 0 amide bonds. The second-order valence-electron chi connectivity index (χ2n) is 9.29. The van der Waals surface area contributed by atoms with E-state index in [4.69, 9.17) is 9.26 Å². The predicted molar refractivity (Wildman–Crippen MR) is 146 cm³/mol. The first-order chi connectivity index (χ1) is 18.5. The third-order valence-corrected chi connectivity index (χ3v) is 7.71. The quantitative estimate of drug-likeness (QED) is 0.212. The van der Waals surface area contributed by atoms with Gasteiger partial charge >= 0.3 is 0 Å². The molecule has 1 fully saturated rings. The molecule has 4 aromatic rings. The van der Waals surface area contributed by atoms with Gasteiger partial charge < -0.3 is 14.6 Å². The van der Waals surface area contributed by atoms with Gasteiger partial charge in [0.2, 0.25) is 0 Å². The van der Waals surface area contributed by atoms with Crippen molar-refractivity contribution in [2.45, 2.75) is 37.9 Å². The molecule has 6 nitrogen and oxygen atoms in total. The smallest absolute Gasteiger partial charge is 0.182 e. The van der Waals surface area contributed by atoms with E-state index in [2.05, 4.69) is 15.4 Å². The highest BCUT2D eigenvalue weighted by Gasteiger charge is 2.19. The molecule has 0 bridgehead atoms. The number of nitrogens with one attached hydrogen (secondary N) is 1. The Hall–Kier alpha value is -3.56. The van der Waals surface area contributed by atoms with Crippen LogP contribution in [0.25, 0.3) is 0 Å². The van der Waals surface area contributed by atoms with Crippen LogP contribution in [-0.4, -0.2) is 30.3 Å². The molecule has 198 valence electrons. The lowest BCUT2D eigenvalue weighted by molar-refractivity contribution is 0.172. The van der Waals surface area contributed by atoms with Gasteiger partial charge in [0.25, 0.3) is 0 Å². The third-order valence-electron chi connectivity index (χ3n) is 6.67. The van der Waals surface area contributed by atoms with Crippen LogP contribution >= 0.6 is 11.9 Å². The van der Waals surface area contributed by atoms with Gasteiger partial charge in [-0.3, -0.25) is 9.21 Å². The van der Waals surface area contributed by atoms with Gasteiger partial charge in [-0.2, -0.15) is 0 Å². The SMILES string of the molecule is COc1ccc(CN(Sc2cc(C)c(NCc3c(F)cccc3CN3CCC3)cc2F)c2ccon2)cc1. The van der Waals surface area contributed by atoms with Crippen molar-refractivity contribution in [2.75, 3.05) is 29.8 Å². The molecule has 0 atom stereocenters. The first-order valence-electron chi connectivity index (χ1n) is 12.5. The van der Waals surface area contributed by atoms with E-state index < -0.39 is 0 Å². The van der Waals surface area contributed by atoms with E-state index in [1.807, 2.05) is 41.6 Å². The molecule has 9 heteroatoms. The van der Waals surface area contributed by atoms with Crippen molar-refractivity contribution in [1.29, 1.82) is 0 Å². The minimum Gasteiger partial charge on any atom is -0.497 e. The van der Waals surface area contributed by atoms with E-state index in [1.165, 1.54) is 36.8 Å². The number of benzene rings is 3. The zero-order valence-corrected chi connectivity index (χ0v) is 22.2. The summed E-state index contributed by atoms with van der Waals surface area (Å²) in [6.45, 7) is 5.48. The van der Waals surface area contributed by atoms with Crippen molar-refractivity contribution in [3.8, 4) is 5.75 Å². The number of anilines is 2. The van der Waals surface area contributed by atoms with Crippen LogP contribution in [0.2, 0.25) is 0 Å². The number of hydrogen-bond acceptors (Lipinski definition) is 7. The molecule has 1 aromatic heterocycles. The largest absolute Gasteiger partial charge is 0.497 e. The molecular formula is C29H30F2N4O2S. The first-order valence-corrected chi connectivity index (χ1v) is 13.3. The van der Waals surface area contributed by atoms with E-state index in [1.54, 1.807) is 25.3 Å². The maximum atomic E-state index is 15.4. The number of halogens is 2. The fraction of sp³-hybridized carbons (Fsp3) is 0.276. The van der Waals surface area contributed by atoms with Crippen LogP contribution < -0.4 is 14.4 Å². The fourth-order valence-electron chi connectivity index (χ4n) is 4.34. The van der Waals surface area contributed by atoms with Gasteiger partial charge in [0, 0.05) is 30.4 Å². The Bertz CT molecular complexity index is 1360. The lowest BCUT2D eigenvalue weighted by Gasteiger charge is -2.31. The summed E-state index contributed by atoms with van der Waals surface area (Å²) in [6.07, 6.45) is 2.67. The molecule has 1 saturated heterocycles. The summed E-state index contributed by atoms with van der Waals surface area (Å²) in [5.41, 5.74) is 4.08. The molecular weight excluding hydrogens is 506 g/mol. The van der Waals surface area contributed by atoms with Crippen LogP contribution in [0.4, 0.5) is 20.3 Å². The topological polar surface area (TPSA) is 53.8 Å². The van der Waals surface area contributed by atoms with Gasteiger partial charge in [-0.1, -0.05) is 29.4 Å². The Morgan fingerprint density at radius 2 is 1.89 bits per heavy atom. The van der Waals surface area contributed by atoms with Gasteiger partial charge in [-0.15, -0.1) is 0 Å². The summed E-state index contributed by atoms with van der Waals surface area (Å²) >= 11 is 1.25. The maximum absolute atomic E-state index is 15.4. The number of likely N-dealkylation sites (tertiary alicyclic amines) is 1. The molecule has 1 N–H and O–H groups in total. The lowest BCUT2D eigenvalue weighted by Crippen LogP contribution is -2.36. The number of nitrogens with zero attached hydrogens (tertiary/aromatic N) is 3. The van der Waals surface area contributed by atoms with Gasteiger partial charge in [-0.05, 0) is 85.4 Å². The summed E-state index contributed by atoms with van der Waals surface area (Å²) in [6, 6.07) is 17.9. The van der Waals surface area contributed by atoms with Gasteiger partial charge in [0.1, 0.15) is 23.6 Å². The number of ether oxygens (including phenoxy) is 1. The molecule has 2 heterocycles. The molecule has 5 rings (SSSR count). The van der Waals surface area contributed by atoms with Gasteiger partial charge in [0.15, 0.2) is 5.82 Å². The highest BCUT2D eigenvalue weighted by molar-refractivity contribution is 8.00. The average Bonchev–Trinajstić information content (AvgIpc) is 3.43. The number of hydrogen-bond donors (Lipinski definition) is 1. The van der Waals surface area contributed by atoms with Crippen molar-refractivity contribution in [3.63, 3.8) is 0 Å². The monoisotopic (exact) mass is 536 g/mol. The Kier molecular flexibility index (Phi) is 8.14. The summed E-state index contributed by atoms with van der Waals surface area (Å²) in [4.78, 5) is 2.75. The zero-order chi connectivity index (χ0) is 26.5. The summed E-state index contributed by atoms with van der Waals surface area (Å²) in [5, 5.41) is 7.31. The standard InChI is InChI=1S/C29H30F2N4O2S/c1-20-15-28(38-35(29-11-14-37-33-29)18-21-7-9-23(36-2)10-8-21)26(31)16-27(20)32-17-24-22(5-3-6-25(24)30)19-34-12-4-13-34/h3,5-11,14-16,32H,4,12-13,17-19H2,1-2H3. The van der Waals surface area contributed by atoms with E-state index in [0.29, 0.717) is 28.5 Å². The van der Waals surface area contributed by atoms with Gasteiger partial charge in [-0.25, -0.2) is 8.78 Å². The molecule has 0 saturated carbocycles. The minimum absolute atomic E-state index is 0.248. The van der Waals surface area contributed by atoms with E-state index in [9.17, 15) is 4.39 Å². The number of rotatable bonds is 11. The molecule has 0 radical (unpaired) electrons. The Labute approximate surface area is 225 Å². The Morgan fingerprint density at radius 3 is 2.58 bits per heavy atom. The van der Waals surface area contributed by atoms with E-state index in [0.717, 1.165) is 42.1 Å². The van der Waals surface area contributed by atoms with Crippen molar-refractivity contribution in [3.05, 3.63) is 101 Å². The minimum atomic E-state index is -0.374. The molecule has 1 aliphatic rings. The highest BCUT2D eigenvalue weighted by atomic mass is 32.2. The van der Waals surface area contributed by atoms with E-state index >= 15 is 4.39 Å². The summed E-state index contributed by atoms with van der Waals surface area (Å²) in [5.74, 6) is 0.727.